The number of alkyl halides is 2. The summed E-state index contributed by atoms with van der Waals surface area (Å²) in [6.07, 6.45) is 4.34. The largest absolute Gasteiger partial charge is 0.478 e. The van der Waals surface area contributed by atoms with Crippen molar-refractivity contribution in [3.63, 3.8) is 0 Å². The summed E-state index contributed by atoms with van der Waals surface area (Å²) in [5, 5.41) is 14.1. The predicted octanol–water partition coefficient (Wildman–Crippen LogP) is 5.83. The standard InChI is InChI=1S/C25H25F2N3O2/c1-13-21-19(22(26)27)9-20(25-10-14-6-15(11-25)8-16(7-14)12-25)28-23(21)30(29-13)18-4-2-17(3-5-18)24(31)32/h2-5,9,14-16,22H,6-8,10-12H2,1H3,(H,31,32). The maximum Gasteiger partial charge on any atom is 0.335 e. The van der Waals surface area contributed by atoms with Gasteiger partial charge in [0, 0.05) is 16.7 Å². The Morgan fingerprint density at radius 3 is 2.22 bits per heavy atom. The fourth-order valence-corrected chi connectivity index (χ4v) is 7.12. The van der Waals surface area contributed by atoms with E-state index in [1.807, 2.05) is 0 Å². The van der Waals surface area contributed by atoms with Crippen molar-refractivity contribution in [1.29, 1.82) is 0 Å². The molecule has 2 heterocycles. The first kappa shape index (κ1) is 19.8. The van der Waals surface area contributed by atoms with E-state index in [9.17, 15) is 18.7 Å². The summed E-state index contributed by atoms with van der Waals surface area (Å²) in [7, 11) is 0. The number of aryl methyl sites for hydroxylation is 1. The van der Waals surface area contributed by atoms with E-state index in [2.05, 4.69) is 5.10 Å². The third-order valence-electron chi connectivity index (χ3n) is 8.02. The van der Waals surface area contributed by atoms with Gasteiger partial charge in [0.15, 0.2) is 5.65 Å². The lowest BCUT2D eigenvalue weighted by atomic mass is 9.48. The van der Waals surface area contributed by atoms with Crippen LogP contribution in [-0.2, 0) is 5.41 Å². The van der Waals surface area contributed by atoms with Crippen LogP contribution in [0.2, 0.25) is 0 Å². The van der Waals surface area contributed by atoms with Crippen LogP contribution in [0.15, 0.2) is 30.3 Å². The van der Waals surface area contributed by atoms with Crippen LogP contribution < -0.4 is 0 Å². The highest BCUT2D eigenvalue weighted by atomic mass is 19.3. The highest BCUT2D eigenvalue weighted by Gasteiger charge is 2.52. The summed E-state index contributed by atoms with van der Waals surface area (Å²) in [6, 6.07) is 7.95. The monoisotopic (exact) mass is 437 g/mol. The van der Waals surface area contributed by atoms with Gasteiger partial charge in [-0.2, -0.15) is 5.10 Å². The Labute approximate surface area is 184 Å². The van der Waals surface area contributed by atoms with Crippen LogP contribution in [0.3, 0.4) is 0 Å². The molecule has 1 N–H and O–H groups in total. The van der Waals surface area contributed by atoms with Gasteiger partial charge in [0.05, 0.1) is 22.3 Å². The molecule has 0 aliphatic heterocycles. The van der Waals surface area contributed by atoms with Crippen molar-refractivity contribution >= 4 is 17.0 Å². The summed E-state index contributed by atoms with van der Waals surface area (Å²) in [4.78, 5) is 16.2. The van der Waals surface area contributed by atoms with Crippen LogP contribution in [0.4, 0.5) is 8.78 Å². The fraction of sp³-hybridized carbons (Fsp3) is 0.480. The molecule has 0 radical (unpaired) electrons. The van der Waals surface area contributed by atoms with Crippen molar-refractivity contribution in [2.45, 2.75) is 57.3 Å². The maximum absolute atomic E-state index is 14.3. The van der Waals surface area contributed by atoms with E-state index in [1.54, 1.807) is 29.8 Å². The number of pyridine rings is 1. The first-order chi connectivity index (χ1) is 15.3. The van der Waals surface area contributed by atoms with Crippen LogP contribution in [0.25, 0.3) is 16.7 Å². The number of benzene rings is 1. The molecule has 0 unspecified atom stereocenters. The van der Waals surface area contributed by atoms with Gasteiger partial charge in [0.2, 0.25) is 0 Å². The molecule has 4 saturated carbocycles. The molecular formula is C25H25F2N3O2. The van der Waals surface area contributed by atoms with Crippen LogP contribution in [0, 0.1) is 24.7 Å². The Hall–Kier alpha value is -2.83. The average Bonchev–Trinajstić information content (AvgIpc) is 3.09. The first-order valence-electron chi connectivity index (χ1n) is 11.4. The number of rotatable bonds is 4. The molecule has 7 rings (SSSR count). The molecule has 32 heavy (non-hydrogen) atoms. The van der Waals surface area contributed by atoms with E-state index < -0.39 is 12.4 Å². The minimum absolute atomic E-state index is 0.00616. The molecule has 0 saturated heterocycles. The minimum atomic E-state index is -2.61. The Balaban J connectivity index is 1.54. The predicted molar refractivity (Wildman–Crippen MR) is 115 cm³/mol. The Morgan fingerprint density at radius 2 is 1.69 bits per heavy atom. The maximum atomic E-state index is 14.3. The molecule has 0 amide bonds. The molecule has 1 aromatic carbocycles. The molecule has 4 aliphatic rings. The van der Waals surface area contributed by atoms with E-state index in [1.165, 1.54) is 31.4 Å². The molecule has 3 aromatic rings. The lowest BCUT2D eigenvalue weighted by Crippen LogP contribution is -2.49. The van der Waals surface area contributed by atoms with Crippen LogP contribution in [0.1, 0.15) is 72.3 Å². The second-order valence-corrected chi connectivity index (χ2v) is 10.1. The summed E-state index contributed by atoms with van der Waals surface area (Å²) in [5.74, 6) is 1.04. The average molecular weight is 437 g/mol. The van der Waals surface area contributed by atoms with E-state index in [4.69, 9.17) is 4.98 Å². The molecule has 4 aliphatic carbocycles. The van der Waals surface area contributed by atoms with Gasteiger partial charge in [0.25, 0.3) is 6.43 Å². The van der Waals surface area contributed by atoms with Gasteiger partial charge in [-0.05, 0) is 93.5 Å². The topological polar surface area (TPSA) is 68.0 Å². The highest BCUT2D eigenvalue weighted by molar-refractivity contribution is 5.88. The molecule has 2 aromatic heterocycles. The van der Waals surface area contributed by atoms with E-state index in [-0.39, 0.29) is 16.5 Å². The van der Waals surface area contributed by atoms with Crippen molar-refractivity contribution < 1.29 is 18.7 Å². The van der Waals surface area contributed by atoms with Crippen molar-refractivity contribution in [2.75, 3.05) is 0 Å². The smallest absolute Gasteiger partial charge is 0.335 e. The molecular weight excluding hydrogens is 412 g/mol. The summed E-state index contributed by atoms with van der Waals surface area (Å²) < 4.78 is 30.1. The number of halogens is 2. The number of carboxylic acids is 1. The number of hydrogen-bond acceptors (Lipinski definition) is 3. The second kappa shape index (κ2) is 6.83. The number of carbonyl (C=O) groups is 1. The molecule has 4 bridgehead atoms. The third-order valence-corrected chi connectivity index (χ3v) is 8.02. The lowest BCUT2D eigenvalue weighted by molar-refractivity contribution is -0.00721. The van der Waals surface area contributed by atoms with Crippen molar-refractivity contribution in [3.05, 3.63) is 52.8 Å². The van der Waals surface area contributed by atoms with Gasteiger partial charge in [-0.25, -0.2) is 23.2 Å². The molecule has 0 spiro atoms. The van der Waals surface area contributed by atoms with Gasteiger partial charge in [-0.15, -0.1) is 0 Å². The van der Waals surface area contributed by atoms with Gasteiger partial charge in [0.1, 0.15) is 0 Å². The van der Waals surface area contributed by atoms with Crippen molar-refractivity contribution in [1.82, 2.24) is 14.8 Å². The van der Waals surface area contributed by atoms with Crippen molar-refractivity contribution in [2.24, 2.45) is 17.8 Å². The van der Waals surface area contributed by atoms with Crippen LogP contribution in [-0.4, -0.2) is 25.8 Å². The number of fused-ring (bicyclic) bond motifs is 1. The Bertz CT molecular complexity index is 1200. The summed E-state index contributed by atoms with van der Waals surface area (Å²) >= 11 is 0. The SMILES string of the molecule is Cc1nn(-c2ccc(C(=O)O)cc2)c2nc(C34CC5CC(CC(C5)C3)C4)cc(C(F)F)c12. The zero-order valence-electron chi connectivity index (χ0n) is 17.9. The molecule has 0 atom stereocenters. The Kier molecular flexibility index (Phi) is 4.23. The van der Waals surface area contributed by atoms with Crippen molar-refractivity contribution in [3.8, 4) is 5.69 Å². The van der Waals surface area contributed by atoms with Gasteiger partial charge in [-0.1, -0.05) is 0 Å². The van der Waals surface area contributed by atoms with E-state index in [0.717, 1.165) is 25.0 Å². The van der Waals surface area contributed by atoms with Gasteiger partial charge >= 0.3 is 5.97 Å². The molecule has 166 valence electrons. The van der Waals surface area contributed by atoms with Crippen LogP contribution >= 0.6 is 0 Å². The quantitative estimate of drug-likeness (QED) is 0.557. The fourth-order valence-electron chi connectivity index (χ4n) is 7.12. The number of aromatic nitrogens is 3. The Morgan fingerprint density at radius 1 is 1.09 bits per heavy atom. The number of aromatic carboxylic acids is 1. The third kappa shape index (κ3) is 2.90. The molecule has 4 fully saturated rings. The van der Waals surface area contributed by atoms with E-state index in [0.29, 0.717) is 40.2 Å². The first-order valence-corrected chi connectivity index (χ1v) is 11.4. The molecule has 7 heteroatoms. The number of nitrogens with zero attached hydrogens (tertiary/aromatic N) is 3. The number of carboxylic acid groups (broad SMARTS) is 1. The molecule has 5 nitrogen and oxygen atoms in total. The summed E-state index contributed by atoms with van der Waals surface area (Å²) in [6.45, 7) is 1.72. The zero-order valence-corrected chi connectivity index (χ0v) is 17.9. The number of hydrogen-bond donors (Lipinski definition) is 1. The second-order valence-electron chi connectivity index (χ2n) is 10.1. The minimum Gasteiger partial charge on any atom is -0.478 e. The van der Waals surface area contributed by atoms with Gasteiger partial charge in [-0.3, -0.25) is 0 Å². The highest BCUT2D eigenvalue weighted by Crippen LogP contribution is 2.60. The zero-order chi connectivity index (χ0) is 22.2. The summed E-state index contributed by atoms with van der Waals surface area (Å²) in [5.41, 5.74) is 2.41. The van der Waals surface area contributed by atoms with Gasteiger partial charge < -0.3 is 5.11 Å². The normalized spacial score (nSPS) is 28.7. The van der Waals surface area contributed by atoms with Crippen LogP contribution in [0.5, 0.6) is 0 Å². The van der Waals surface area contributed by atoms with E-state index >= 15 is 0 Å². The lowest BCUT2D eigenvalue weighted by Gasteiger charge is -2.56.